The van der Waals surface area contributed by atoms with E-state index in [1.807, 2.05) is 30.3 Å². The first-order valence-electron chi connectivity index (χ1n) is 8.46. The Kier molecular flexibility index (Phi) is 7.99. The number of rotatable bonds is 10. The number of amides is 1. The Labute approximate surface area is 165 Å². The summed E-state index contributed by atoms with van der Waals surface area (Å²) in [5, 5.41) is 2.78. The molecule has 2 aromatic rings. The number of ether oxygens (including phenoxy) is 1. The maximum Gasteiger partial charge on any atom is 0.240 e. The number of carbonyl (C=O) groups excluding carboxylic acids is 1. The Bertz CT molecular complexity index is 842. The van der Waals surface area contributed by atoms with E-state index >= 15 is 0 Å². The molecule has 0 spiro atoms. The van der Waals surface area contributed by atoms with E-state index in [-0.39, 0.29) is 12.5 Å². The van der Waals surface area contributed by atoms with Crippen LogP contribution in [0.15, 0.2) is 59.5 Å². The zero-order valence-electron chi connectivity index (χ0n) is 15.4. The third kappa shape index (κ3) is 7.15. The summed E-state index contributed by atoms with van der Waals surface area (Å²) >= 11 is 1.72. The smallest absolute Gasteiger partial charge is 0.240 e. The van der Waals surface area contributed by atoms with E-state index in [2.05, 4.69) is 5.32 Å². The predicted octanol–water partition coefficient (Wildman–Crippen LogP) is 2.76. The van der Waals surface area contributed by atoms with Crippen LogP contribution in [0, 0.1) is 0 Å². The summed E-state index contributed by atoms with van der Waals surface area (Å²) in [6.45, 7) is 0.228. The number of nitrogens with zero attached hydrogens (tertiary/aromatic N) is 1. The minimum Gasteiger partial charge on any atom is -0.497 e. The molecule has 0 fully saturated rings. The average Bonchev–Trinajstić information content (AvgIpc) is 2.66. The van der Waals surface area contributed by atoms with Crippen molar-refractivity contribution >= 4 is 33.4 Å². The lowest BCUT2D eigenvalue weighted by molar-refractivity contribution is -0.119. The van der Waals surface area contributed by atoms with Crippen LogP contribution in [0.5, 0.6) is 5.75 Å². The van der Waals surface area contributed by atoms with Gasteiger partial charge in [0.2, 0.25) is 15.9 Å². The normalized spacial score (nSPS) is 11.0. The highest BCUT2D eigenvalue weighted by atomic mass is 32.2. The predicted molar refractivity (Wildman–Crippen MR) is 110 cm³/mol. The van der Waals surface area contributed by atoms with Gasteiger partial charge in [-0.25, -0.2) is 8.42 Å². The van der Waals surface area contributed by atoms with E-state index in [4.69, 9.17) is 4.74 Å². The fourth-order valence-electron chi connectivity index (χ4n) is 2.36. The van der Waals surface area contributed by atoms with E-state index in [9.17, 15) is 13.2 Å². The molecule has 0 saturated heterocycles. The van der Waals surface area contributed by atoms with Crippen LogP contribution < -0.4 is 14.4 Å². The van der Waals surface area contributed by atoms with E-state index < -0.39 is 10.0 Å². The third-order valence-corrected chi connectivity index (χ3v) is 5.92. The molecule has 1 N–H and O–H groups in total. The van der Waals surface area contributed by atoms with Crippen LogP contribution in [0.4, 0.5) is 5.69 Å². The molecule has 0 aliphatic carbocycles. The first-order valence-corrected chi connectivity index (χ1v) is 11.3. The summed E-state index contributed by atoms with van der Waals surface area (Å²) in [5.74, 6) is 1.06. The molecule has 0 unspecified atom stereocenters. The van der Waals surface area contributed by atoms with E-state index in [1.165, 1.54) is 12.0 Å². The van der Waals surface area contributed by atoms with Crippen molar-refractivity contribution in [2.75, 3.05) is 36.5 Å². The average molecular weight is 409 g/mol. The van der Waals surface area contributed by atoms with Gasteiger partial charge in [-0.15, -0.1) is 11.8 Å². The second-order valence-corrected chi connectivity index (χ2v) is 8.91. The van der Waals surface area contributed by atoms with Crippen LogP contribution in [0.25, 0.3) is 0 Å². The molecule has 0 aliphatic rings. The van der Waals surface area contributed by atoms with Crippen LogP contribution in [-0.2, 0) is 14.8 Å². The summed E-state index contributed by atoms with van der Waals surface area (Å²) in [7, 11) is -2.09. The Morgan fingerprint density at radius 1 is 1.15 bits per heavy atom. The number of anilines is 1. The lowest BCUT2D eigenvalue weighted by Crippen LogP contribution is -2.40. The molecule has 0 aliphatic heterocycles. The molecular formula is C19H24N2O4S2. The molecule has 1 amide bonds. The standard InChI is InChI=1S/C19H24N2O4S2/c1-25-17-9-6-8-16(14-17)21(27(2,23)24)15-19(22)20-12-7-13-26-18-10-4-3-5-11-18/h3-6,8-11,14H,7,12-13,15H2,1-2H3,(H,20,22). The summed E-state index contributed by atoms with van der Waals surface area (Å²) in [5.41, 5.74) is 0.395. The molecule has 0 aromatic heterocycles. The van der Waals surface area contributed by atoms with Gasteiger partial charge in [0.1, 0.15) is 12.3 Å². The number of hydrogen-bond donors (Lipinski definition) is 1. The summed E-state index contributed by atoms with van der Waals surface area (Å²) < 4.78 is 30.4. The molecule has 0 bridgehead atoms. The molecule has 8 heteroatoms. The zero-order chi connectivity index (χ0) is 19.7. The van der Waals surface area contributed by atoms with Crippen LogP contribution in [-0.4, -0.2) is 46.5 Å². The van der Waals surface area contributed by atoms with Crippen molar-refractivity contribution in [1.29, 1.82) is 0 Å². The number of thioether (sulfide) groups is 1. The lowest BCUT2D eigenvalue weighted by atomic mass is 10.3. The lowest BCUT2D eigenvalue weighted by Gasteiger charge is -2.22. The number of hydrogen-bond acceptors (Lipinski definition) is 5. The highest BCUT2D eigenvalue weighted by molar-refractivity contribution is 7.99. The Morgan fingerprint density at radius 2 is 1.89 bits per heavy atom. The number of methoxy groups -OCH3 is 1. The topological polar surface area (TPSA) is 75.7 Å². The van der Waals surface area contributed by atoms with Crippen LogP contribution >= 0.6 is 11.8 Å². The zero-order valence-corrected chi connectivity index (χ0v) is 17.1. The fraction of sp³-hybridized carbons (Fsp3) is 0.316. The van der Waals surface area contributed by atoms with Gasteiger partial charge >= 0.3 is 0 Å². The largest absolute Gasteiger partial charge is 0.497 e. The van der Waals surface area contributed by atoms with Crippen molar-refractivity contribution in [3.8, 4) is 5.75 Å². The summed E-state index contributed by atoms with van der Waals surface area (Å²) in [4.78, 5) is 13.4. The molecule has 2 aromatic carbocycles. The van der Waals surface area contributed by atoms with Gasteiger partial charge in [-0.1, -0.05) is 24.3 Å². The quantitative estimate of drug-likeness (QED) is 0.483. The maximum absolute atomic E-state index is 12.2. The monoisotopic (exact) mass is 408 g/mol. The van der Waals surface area contributed by atoms with E-state index in [0.29, 0.717) is 18.0 Å². The molecule has 146 valence electrons. The maximum atomic E-state index is 12.2. The van der Waals surface area contributed by atoms with Gasteiger partial charge in [0.05, 0.1) is 19.1 Å². The van der Waals surface area contributed by atoms with E-state index in [1.54, 1.807) is 36.0 Å². The minimum absolute atomic E-state index is 0.266. The van der Waals surface area contributed by atoms with Crippen molar-refractivity contribution in [2.45, 2.75) is 11.3 Å². The first-order chi connectivity index (χ1) is 12.9. The van der Waals surface area contributed by atoms with Crippen LogP contribution in [0.3, 0.4) is 0 Å². The van der Waals surface area contributed by atoms with Gasteiger partial charge in [-0.3, -0.25) is 9.10 Å². The van der Waals surface area contributed by atoms with Crippen molar-refractivity contribution in [1.82, 2.24) is 5.32 Å². The molecular weight excluding hydrogens is 384 g/mol. The van der Waals surface area contributed by atoms with Gasteiger partial charge < -0.3 is 10.1 Å². The Hall–Kier alpha value is -2.19. The van der Waals surface area contributed by atoms with Gasteiger partial charge in [-0.2, -0.15) is 0 Å². The summed E-state index contributed by atoms with van der Waals surface area (Å²) in [6, 6.07) is 16.7. The third-order valence-electron chi connectivity index (χ3n) is 3.68. The van der Waals surface area contributed by atoms with Gasteiger partial charge in [0.25, 0.3) is 0 Å². The van der Waals surface area contributed by atoms with Gasteiger partial charge in [0, 0.05) is 17.5 Å². The molecule has 6 nitrogen and oxygen atoms in total. The Balaban J connectivity index is 1.85. The number of sulfonamides is 1. The second kappa shape index (κ2) is 10.2. The number of benzene rings is 2. The molecule has 0 saturated carbocycles. The van der Waals surface area contributed by atoms with Crippen LogP contribution in [0.1, 0.15) is 6.42 Å². The highest BCUT2D eigenvalue weighted by Crippen LogP contribution is 2.22. The van der Waals surface area contributed by atoms with Crippen molar-refractivity contribution < 1.29 is 17.9 Å². The van der Waals surface area contributed by atoms with Crippen molar-refractivity contribution in [3.05, 3.63) is 54.6 Å². The molecule has 0 heterocycles. The Morgan fingerprint density at radius 3 is 2.56 bits per heavy atom. The van der Waals surface area contributed by atoms with Crippen molar-refractivity contribution in [3.63, 3.8) is 0 Å². The van der Waals surface area contributed by atoms with Gasteiger partial charge in [0.15, 0.2) is 0 Å². The number of carbonyl (C=O) groups is 1. The molecule has 0 atom stereocenters. The highest BCUT2D eigenvalue weighted by Gasteiger charge is 2.21. The van der Waals surface area contributed by atoms with Crippen LogP contribution in [0.2, 0.25) is 0 Å². The molecule has 27 heavy (non-hydrogen) atoms. The SMILES string of the molecule is COc1cccc(N(CC(=O)NCCCSc2ccccc2)S(C)(=O)=O)c1. The van der Waals surface area contributed by atoms with Gasteiger partial charge in [-0.05, 0) is 36.4 Å². The summed E-state index contributed by atoms with van der Waals surface area (Å²) in [6.07, 6.45) is 1.87. The molecule has 2 rings (SSSR count). The first kappa shape index (κ1) is 21.1. The van der Waals surface area contributed by atoms with E-state index in [0.717, 1.165) is 22.7 Å². The fourth-order valence-corrected chi connectivity index (χ4v) is 4.08. The number of nitrogens with one attached hydrogen (secondary N) is 1. The molecule has 0 radical (unpaired) electrons. The van der Waals surface area contributed by atoms with Crippen molar-refractivity contribution in [2.24, 2.45) is 0 Å². The second-order valence-electron chi connectivity index (χ2n) is 5.84. The minimum atomic E-state index is -3.60.